The quantitative estimate of drug-likeness (QED) is 0.872. The first kappa shape index (κ1) is 16.0. The molecule has 1 saturated carbocycles. The maximum atomic E-state index is 12.3. The van der Waals surface area contributed by atoms with Crippen molar-refractivity contribution in [2.45, 2.75) is 65.0 Å². The van der Waals surface area contributed by atoms with E-state index in [0.29, 0.717) is 5.92 Å². The van der Waals surface area contributed by atoms with E-state index in [4.69, 9.17) is 0 Å². The third-order valence-electron chi connectivity index (χ3n) is 4.66. The molecule has 1 atom stereocenters. The summed E-state index contributed by atoms with van der Waals surface area (Å²) in [6.07, 6.45) is 5.80. The molecule has 2 rings (SSSR count). The molecular formula is C16H27N3O2. The van der Waals surface area contributed by atoms with Crippen LogP contribution in [-0.2, 0) is 11.3 Å². The molecule has 1 amide bonds. The Morgan fingerprint density at radius 2 is 2.10 bits per heavy atom. The number of nitrogens with zero attached hydrogens (tertiary/aromatic N) is 2. The third-order valence-corrected chi connectivity index (χ3v) is 4.66. The molecule has 1 aliphatic rings. The average molecular weight is 293 g/mol. The van der Waals surface area contributed by atoms with Crippen molar-refractivity contribution in [1.29, 1.82) is 0 Å². The highest BCUT2D eigenvalue weighted by Crippen LogP contribution is 2.32. The smallest absolute Gasteiger partial charge is 0.242 e. The maximum absolute atomic E-state index is 12.3. The van der Waals surface area contributed by atoms with Crippen molar-refractivity contribution in [2.24, 2.45) is 5.92 Å². The minimum Gasteiger partial charge on any atom is -0.394 e. The van der Waals surface area contributed by atoms with Crippen molar-refractivity contribution in [1.82, 2.24) is 15.1 Å². The Balaban J connectivity index is 2.00. The second kappa shape index (κ2) is 6.60. The van der Waals surface area contributed by atoms with Gasteiger partial charge in [-0.25, -0.2) is 0 Å². The molecule has 0 aromatic carbocycles. The van der Waals surface area contributed by atoms with Crippen LogP contribution in [0.2, 0.25) is 0 Å². The number of aromatic nitrogens is 2. The van der Waals surface area contributed by atoms with Crippen molar-refractivity contribution < 1.29 is 9.90 Å². The van der Waals surface area contributed by atoms with Crippen LogP contribution in [0.4, 0.5) is 0 Å². The summed E-state index contributed by atoms with van der Waals surface area (Å²) < 4.78 is 1.71. The number of nitrogens with one attached hydrogen (secondary N) is 1. The zero-order valence-corrected chi connectivity index (χ0v) is 13.4. The predicted octanol–water partition coefficient (Wildman–Crippen LogP) is 1.95. The van der Waals surface area contributed by atoms with Crippen molar-refractivity contribution in [2.75, 3.05) is 6.61 Å². The molecule has 1 aliphatic carbocycles. The highest BCUT2D eigenvalue weighted by Gasteiger charge is 2.35. The molecule has 21 heavy (non-hydrogen) atoms. The van der Waals surface area contributed by atoms with E-state index in [1.165, 1.54) is 19.3 Å². The van der Waals surface area contributed by atoms with E-state index in [-0.39, 0.29) is 19.1 Å². The van der Waals surface area contributed by atoms with Crippen LogP contribution < -0.4 is 5.32 Å². The van der Waals surface area contributed by atoms with Gasteiger partial charge in [-0.2, -0.15) is 5.10 Å². The predicted molar refractivity (Wildman–Crippen MR) is 81.9 cm³/mol. The fraction of sp³-hybridized carbons (Fsp3) is 0.750. The Hall–Kier alpha value is -1.36. The number of carbonyl (C=O) groups is 1. The molecule has 1 unspecified atom stereocenters. The summed E-state index contributed by atoms with van der Waals surface area (Å²) in [5.41, 5.74) is 1.37. The van der Waals surface area contributed by atoms with Gasteiger partial charge in [0, 0.05) is 5.69 Å². The molecule has 2 N–H and O–H groups in total. The van der Waals surface area contributed by atoms with Gasteiger partial charge in [-0.3, -0.25) is 9.48 Å². The Bertz CT molecular complexity index is 492. The fourth-order valence-corrected chi connectivity index (χ4v) is 3.34. The first-order valence-corrected chi connectivity index (χ1v) is 7.87. The van der Waals surface area contributed by atoms with Gasteiger partial charge in [-0.15, -0.1) is 0 Å². The number of aliphatic hydroxyl groups excluding tert-OH is 1. The normalized spacial score (nSPS) is 19.2. The summed E-state index contributed by atoms with van der Waals surface area (Å²) in [6, 6.07) is 1.96. The topological polar surface area (TPSA) is 67.2 Å². The van der Waals surface area contributed by atoms with Crippen LogP contribution in [-0.4, -0.2) is 32.9 Å². The van der Waals surface area contributed by atoms with Gasteiger partial charge < -0.3 is 10.4 Å². The number of carbonyl (C=O) groups excluding carboxylic acids is 1. The molecular weight excluding hydrogens is 266 g/mol. The molecule has 0 radical (unpaired) electrons. The Morgan fingerprint density at radius 1 is 1.43 bits per heavy atom. The highest BCUT2D eigenvalue weighted by atomic mass is 16.3. The van der Waals surface area contributed by atoms with Crippen LogP contribution in [0, 0.1) is 19.8 Å². The number of rotatable bonds is 5. The SMILES string of the molecule is Cc1cc(C)n(CC(=O)NC(C)(CO)C2CCCCC2)n1. The maximum Gasteiger partial charge on any atom is 0.242 e. The second-order valence-electron chi connectivity index (χ2n) is 6.54. The Labute approximate surface area is 126 Å². The first-order valence-electron chi connectivity index (χ1n) is 7.87. The summed E-state index contributed by atoms with van der Waals surface area (Å²) in [7, 11) is 0. The molecule has 0 aliphatic heterocycles. The lowest BCUT2D eigenvalue weighted by molar-refractivity contribution is -0.125. The molecule has 1 aromatic rings. The number of hydrogen-bond acceptors (Lipinski definition) is 3. The molecule has 0 bridgehead atoms. The van der Waals surface area contributed by atoms with Crippen LogP contribution in [0.15, 0.2) is 6.07 Å². The molecule has 118 valence electrons. The van der Waals surface area contributed by atoms with Crippen LogP contribution in [0.5, 0.6) is 0 Å². The van der Waals surface area contributed by atoms with Crippen molar-refractivity contribution in [3.63, 3.8) is 0 Å². The molecule has 1 aromatic heterocycles. The molecule has 5 nitrogen and oxygen atoms in total. The Kier molecular flexibility index (Phi) is 5.04. The standard InChI is InChI=1S/C16H27N3O2/c1-12-9-13(2)19(18-12)10-15(21)17-16(3,11-20)14-7-5-4-6-8-14/h9,14,20H,4-8,10-11H2,1-3H3,(H,17,21). The molecule has 5 heteroatoms. The zero-order valence-electron chi connectivity index (χ0n) is 13.4. The van der Waals surface area contributed by atoms with Crippen molar-refractivity contribution in [3.05, 3.63) is 17.5 Å². The van der Waals surface area contributed by atoms with E-state index in [2.05, 4.69) is 10.4 Å². The zero-order chi connectivity index (χ0) is 15.5. The fourth-order valence-electron chi connectivity index (χ4n) is 3.34. The number of aliphatic hydroxyl groups is 1. The van der Waals surface area contributed by atoms with Crippen LogP contribution in [0.1, 0.15) is 50.4 Å². The van der Waals surface area contributed by atoms with E-state index < -0.39 is 5.54 Å². The lowest BCUT2D eigenvalue weighted by Crippen LogP contribution is -2.55. The van der Waals surface area contributed by atoms with Crippen LogP contribution >= 0.6 is 0 Å². The number of aryl methyl sites for hydroxylation is 2. The van der Waals surface area contributed by atoms with Gasteiger partial charge in [0.05, 0.1) is 17.8 Å². The summed E-state index contributed by atoms with van der Waals surface area (Å²) in [6.45, 7) is 6.02. The third kappa shape index (κ3) is 3.84. The van der Waals surface area contributed by atoms with Crippen molar-refractivity contribution in [3.8, 4) is 0 Å². The lowest BCUT2D eigenvalue weighted by Gasteiger charge is -2.39. The van der Waals surface area contributed by atoms with E-state index in [1.54, 1.807) is 4.68 Å². The monoisotopic (exact) mass is 293 g/mol. The molecule has 0 saturated heterocycles. The first-order chi connectivity index (χ1) is 9.94. The van der Waals surface area contributed by atoms with E-state index >= 15 is 0 Å². The summed E-state index contributed by atoms with van der Waals surface area (Å²) >= 11 is 0. The van der Waals surface area contributed by atoms with Gasteiger partial charge in [-0.05, 0) is 45.6 Å². The Morgan fingerprint density at radius 3 is 2.62 bits per heavy atom. The minimum absolute atomic E-state index is 0.0134. The van der Waals surface area contributed by atoms with Gasteiger partial charge in [0.2, 0.25) is 5.91 Å². The molecule has 1 heterocycles. The van der Waals surface area contributed by atoms with Gasteiger partial charge in [-0.1, -0.05) is 19.3 Å². The van der Waals surface area contributed by atoms with E-state index in [0.717, 1.165) is 24.2 Å². The minimum atomic E-state index is -0.520. The van der Waals surface area contributed by atoms with E-state index in [9.17, 15) is 9.90 Å². The highest BCUT2D eigenvalue weighted by molar-refractivity contribution is 5.76. The van der Waals surface area contributed by atoms with Crippen LogP contribution in [0.25, 0.3) is 0 Å². The van der Waals surface area contributed by atoms with Gasteiger partial charge in [0.1, 0.15) is 6.54 Å². The summed E-state index contributed by atoms with van der Waals surface area (Å²) in [5, 5.41) is 17.1. The number of hydrogen-bond donors (Lipinski definition) is 2. The van der Waals surface area contributed by atoms with E-state index in [1.807, 2.05) is 26.8 Å². The van der Waals surface area contributed by atoms with Gasteiger partial charge >= 0.3 is 0 Å². The largest absolute Gasteiger partial charge is 0.394 e. The molecule has 0 spiro atoms. The van der Waals surface area contributed by atoms with Gasteiger partial charge in [0.25, 0.3) is 0 Å². The second-order valence-corrected chi connectivity index (χ2v) is 6.54. The van der Waals surface area contributed by atoms with Crippen molar-refractivity contribution >= 4 is 5.91 Å². The molecule has 1 fully saturated rings. The summed E-state index contributed by atoms with van der Waals surface area (Å²) in [5.74, 6) is 0.281. The number of amides is 1. The lowest BCUT2D eigenvalue weighted by atomic mass is 9.76. The van der Waals surface area contributed by atoms with Gasteiger partial charge in [0.15, 0.2) is 0 Å². The summed E-state index contributed by atoms with van der Waals surface area (Å²) in [4.78, 5) is 12.3. The average Bonchev–Trinajstić information content (AvgIpc) is 2.77. The van der Waals surface area contributed by atoms with Crippen LogP contribution in [0.3, 0.4) is 0 Å².